The fraction of sp³-hybridized carbons (Fsp3) is 0.400. The number of ether oxygens (including phenoxy) is 3. The van der Waals surface area contributed by atoms with E-state index in [0.29, 0.717) is 29.7 Å². The highest BCUT2D eigenvalue weighted by Gasteiger charge is 2.44. The lowest BCUT2D eigenvalue weighted by Gasteiger charge is -2.26. The van der Waals surface area contributed by atoms with Crippen molar-refractivity contribution < 1.29 is 23.8 Å². The van der Waals surface area contributed by atoms with Crippen LogP contribution in [0.1, 0.15) is 26.7 Å². The molecule has 0 aromatic carbocycles. The van der Waals surface area contributed by atoms with E-state index in [1.54, 1.807) is 13.0 Å². The predicted octanol–water partition coefficient (Wildman–Crippen LogP) is 3.15. The summed E-state index contributed by atoms with van der Waals surface area (Å²) in [6.07, 6.45) is 6.52. The Bertz CT molecular complexity index is 724. The van der Waals surface area contributed by atoms with E-state index in [0.717, 1.165) is 5.57 Å². The Kier molecular flexibility index (Phi) is 4.66. The maximum Gasteiger partial charge on any atom is 0.334 e. The van der Waals surface area contributed by atoms with E-state index >= 15 is 0 Å². The SMILES string of the molecule is C=C1OC2CC3=C[C@@H](C/C(C)=C/[C@@H](OC(=O)/C=C/C)[C@@H]2C1=C)OC3=O. The zero-order chi connectivity index (χ0) is 18.1. The lowest BCUT2D eigenvalue weighted by Crippen LogP contribution is -2.32. The molecule has 0 saturated carbocycles. The minimum Gasteiger partial charge on any atom is -0.490 e. The van der Waals surface area contributed by atoms with E-state index in [2.05, 4.69) is 13.2 Å². The first-order chi connectivity index (χ1) is 11.9. The van der Waals surface area contributed by atoms with Crippen LogP contribution in [0.3, 0.4) is 0 Å². The average Bonchev–Trinajstić information content (AvgIpc) is 2.98. The Labute approximate surface area is 147 Å². The van der Waals surface area contributed by atoms with Gasteiger partial charge in [0.25, 0.3) is 0 Å². The molecule has 5 nitrogen and oxygen atoms in total. The molecule has 25 heavy (non-hydrogen) atoms. The summed E-state index contributed by atoms with van der Waals surface area (Å²) in [4.78, 5) is 24.1. The highest BCUT2D eigenvalue weighted by atomic mass is 16.6. The second-order valence-electron chi connectivity index (χ2n) is 6.59. The van der Waals surface area contributed by atoms with Crippen molar-refractivity contribution >= 4 is 11.9 Å². The molecular weight excluding hydrogens is 320 g/mol. The van der Waals surface area contributed by atoms with Crippen LogP contribution in [0.15, 0.2) is 59.9 Å². The lowest BCUT2D eigenvalue weighted by atomic mass is 9.85. The highest BCUT2D eigenvalue weighted by molar-refractivity contribution is 5.91. The molecule has 1 unspecified atom stereocenters. The number of hydrogen-bond acceptors (Lipinski definition) is 5. The summed E-state index contributed by atoms with van der Waals surface area (Å²) in [6.45, 7) is 11.6. The molecule has 132 valence electrons. The largest absolute Gasteiger partial charge is 0.490 e. The van der Waals surface area contributed by atoms with E-state index < -0.39 is 12.1 Å². The summed E-state index contributed by atoms with van der Waals surface area (Å²) >= 11 is 0. The third kappa shape index (κ3) is 3.45. The average molecular weight is 342 g/mol. The molecule has 0 aromatic rings. The summed E-state index contributed by atoms with van der Waals surface area (Å²) in [5, 5.41) is 0. The van der Waals surface area contributed by atoms with Gasteiger partial charge in [-0.1, -0.05) is 24.8 Å². The maximum absolute atomic E-state index is 12.1. The minimum absolute atomic E-state index is 0.282. The van der Waals surface area contributed by atoms with Gasteiger partial charge in [0.1, 0.15) is 24.1 Å². The first-order valence-corrected chi connectivity index (χ1v) is 8.36. The molecule has 0 radical (unpaired) electrons. The van der Waals surface area contributed by atoms with Crippen LogP contribution < -0.4 is 0 Å². The third-order valence-electron chi connectivity index (χ3n) is 4.66. The van der Waals surface area contributed by atoms with Crippen molar-refractivity contribution in [3.05, 3.63) is 59.9 Å². The molecule has 4 atom stereocenters. The number of carbonyl (C=O) groups is 2. The van der Waals surface area contributed by atoms with Crippen molar-refractivity contribution in [3.63, 3.8) is 0 Å². The molecular formula is C20H22O5. The molecule has 5 heteroatoms. The topological polar surface area (TPSA) is 61.8 Å². The van der Waals surface area contributed by atoms with Crippen LogP contribution in [-0.4, -0.2) is 30.3 Å². The van der Waals surface area contributed by atoms with Crippen molar-refractivity contribution in [2.45, 2.75) is 45.0 Å². The molecule has 0 spiro atoms. The van der Waals surface area contributed by atoms with Gasteiger partial charge in [0.15, 0.2) is 0 Å². The van der Waals surface area contributed by atoms with E-state index in [1.165, 1.54) is 6.08 Å². The number of esters is 2. The van der Waals surface area contributed by atoms with Crippen molar-refractivity contribution in [1.82, 2.24) is 0 Å². The van der Waals surface area contributed by atoms with Gasteiger partial charge in [-0.15, -0.1) is 0 Å². The fourth-order valence-electron chi connectivity index (χ4n) is 3.52. The summed E-state index contributed by atoms with van der Waals surface area (Å²) in [7, 11) is 0. The van der Waals surface area contributed by atoms with Crippen LogP contribution in [0, 0.1) is 5.92 Å². The van der Waals surface area contributed by atoms with E-state index in [-0.39, 0.29) is 24.1 Å². The Morgan fingerprint density at radius 2 is 2.04 bits per heavy atom. The molecule has 0 amide bonds. The van der Waals surface area contributed by atoms with Crippen LogP contribution in [0.5, 0.6) is 0 Å². The third-order valence-corrected chi connectivity index (χ3v) is 4.66. The van der Waals surface area contributed by atoms with Gasteiger partial charge in [-0.25, -0.2) is 9.59 Å². The standard InChI is InChI=1S/C20H22O5/c1-5-6-18(21)25-16-8-11(2)7-15-9-14(20(22)24-15)10-17-19(16)12(3)13(4)23-17/h5-6,8-9,15-17,19H,3-4,7,10H2,1-2H3/b6-5+,11-8+/t15-,16-,17?,19+/m1/s1. The predicted molar refractivity (Wildman–Crippen MR) is 92.3 cm³/mol. The molecule has 2 bridgehead atoms. The van der Waals surface area contributed by atoms with Crippen LogP contribution >= 0.6 is 0 Å². The number of allylic oxidation sites excluding steroid dienone is 2. The normalized spacial score (nSPS) is 33.9. The van der Waals surface area contributed by atoms with Crippen molar-refractivity contribution in [2.75, 3.05) is 0 Å². The van der Waals surface area contributed by atoms with Crippen molar-refractivity contribution in [1.29, 1.82) is 0 Å². The summed E-state index contributed by atoms with van der Waals surface area (Å²) in [6, 6.07) is 0. The molecule has 1 aliphatic carbocycles. The van der Waals surface area contributed by atoms with Crippen molar-refractivity contribution in [3.8, 4) is 0 Å². The smallest absolute Gasteiger partial charge is 0.334 e. The quantitative estimate of drug-likeness (QED) is 0.438. The Morgan fingerprint density at radius 1 is 1.28 bits per heavy atom. The number of rotatable bonds is 2. The van der Waals surface area contributed by atoms with Gasteiger partial charge >= 0.3 is 11.9 Å². The Hall–Kier alpha value is -2.56. The van der Waals surface area contributed by atoms with Crippen LogP contribution in [0.4, 0.5) is 0 Å². The van der Waals surface area contributed by atoms with Crippen LogP contribution in [-0.2, 0) is 23.8 Å². The van der Waals surface area contributed by atoms with E-state index in [4.69, 9.17) is 14.2 Å². The van der Waals surface area contributed by atoms with Gasteiger partial charge in [0, 0.05) is 24.5 Å². The first kappa shape index (κ1) is 17.3. The van der Waals surface area contributed by atoms with Crippen molar-refractivity contribution in [2.24, 2.45) is 5.92 Å². The highest BCUT2D eigenvalue weighted by Crippen LogP contribution is 2.41. The molecule has 3 aliphatic rings. The Balaban J connectivity index is 1.98. The van der Waals surface area contributed by atoms with Gasteiger partial charge in [-0.05, 0) is 31.6 Å². The van der Waals surface area contributed by atoms with E-state index in [1.807, 2.05) is 19.1 Å². The van der Waals surface area contributed by atoms with Crippen LogP contribution in [0.2, 0.25) is 0 Å². The number of hydrogen-bond donors (Lipinski definition) is 0. The minimum atomic E-state index is -0.534. The second-order valence-corrected chi connectivity index (χ2v) is 6.59. The second kappa shape index (κ2) is 6.75. The summed E-state index contributed by atoms with van der Waals surface area (Å²) in [5.74, 6) is -0.557. The summed E-state index contributed by atoms with van der Waals surface area (Å²) in [5.41, 5.74) is 2.26. The first-order valence-electron chi connectivity index (χ1n) is 8.36. The van der Waals surface area contributed by atoms with Gasteiger partial charge in [-0.2, -0.15) is 0 Å². The zero-order valence-electron chi connectivity index (χ0n) is 14.5. The molecule has 0 aromatic heterocycles. The molecule has 2 aliphatic heterocycles. The van der Waals surface area contributed by atoms with Gasteiger partial charge in [0.2, 0.25) is 0 Å². The molecule has 0 N–H and O–H groups in total. The monoisotopic (exact) mass is 342 g/mol. The van der Waals surface area contributed by atoms with Crippen LogP contribution in [0.25, 0.3) is 0 Å². The van der Waals surface area contributed by atoms with Gasteiger partial charge < -0.3 is 14.2 Å². The lowest BCUT2D eigenvalue weighted by molar-refractivity contribution is -0.144. The number of fused-ring (bicyclic) bond motifs is 2. The number of carbonyl (C=O) groups excluding carboxylic acids is 2. The molecule has 1 fully saturated rings. The Morgan fingerprint density at radius 3 is 2.76 bits per heavy atom. The molecule has 3 rings (SSSR count). The molecule has 1 saturated heterocycles. The molecule has 2 heterocycles. The van der Waals surface area contributed by atoms with Gasteiger partial charge in [0.05, 0.1) is 5.92 Å². The fourth-order valence-corrected chi connectivity index (χ4v) is 3.52. The van der Waals surface area contributed by atoms with Gasteiger partial charge in [-0.3, -0.25) is 0 Å². The summed E-state index contributed by atoms with van der Waals surface area (Å²) < 4.78 is 16.9. The van der Waals surface area contributed by atoms with E-state index in [9.17, 15) is 9.59 Å². The zero-order valence-corrected chi connectivity index (χ0v) is 14.5. The maximum atomic E-state index is 12.1.